The molecule has 192 valence electrons. The first kappa shape index (κ1) is 26.1. The Morgan fingerprint density at radius 3 is 2.30 bits per heavy atom. The molecule has 0 atom stereocenters. The minimum absolute atomic E-state index is 0.0149. The summed E-state index contributed by atoms with van der Waals surface area (Å²) >= 11 is 6.28. The maximum Gasteiger partial charge on any atom is 0.339 e. The van der Waals surface area contributed by atoms with E-state index in [-0.39, 0.29) is 35.4 Å². The van der Waals surface area contributed by atoms with Crippen LogP contribution >= 0.6 is 11.6 Å². The highest BCUT2D eigenvalue weighted by molar-refractivity contribution is 7.87. The molecule has 0 radical (unpaired) electrons. The lowest BCUT2D eigenvalue weighted by atomic mass is 10.1. The molecular weight excluding hydrogens is 518 g/mol. The Kier molecular flexibility index (Phi) is 8.05. The third-order valence-electron chi connectivity index (χ3n) is 5.47. The average molecular weight is 542 g/mol. The van der Waals surface area contributed by atoms with Crippen LogP contribution in [0.3, 0.4) is 0 Å². The summed E-state index contributed by atoms with van der Waals surface area (Å²) in [5, 5.41) is 0.321. The lowest BCUT2D eigenvalue weighted by molar-refractivity contribution is 0.0717. The van der Waals surface area contributed by atoms with Gasteiger partial charge in [0.1, 0.15) is 16.4 Å². The summed E-state index contributed by atoms with van der Waals surface area (Å²) in [6.45, 7) is 0.289. The van der Waals surface area contributed by atoms with Crippen molar-refractivity contribution in [2.75, 3.05) is 14.2 Å². The van der Waals surface area contributed by atoms with Crippen LogP contribution in [0.25, 0.3) is 0 Å². The zero-order valence-corrected chi connectivity index (χ0v) is 21.7. The monoisotopic (exact) mass is 541 g/mol. The largest absolute Gasteiger partial charge is 0.497 e. The van der Waals surface area contributed by atoms with Crippen molar-refractivity contribution in [3.63, 3.8) is 0 Å². The van der Waals surface area contributed by atoms with Crippen molar-refractivity contribution in [3.05, 3.63) is 107 Å². The van der Waals surface area contributed by atoms with Crippen molar-refractivity contribution < 1.29 is 31.3 Å². The molecule has 0 aliphatic rings. The van der Waals surface area contributed by atoms with Crippen LogP contribution in [0.4, 0.5) is 0 Å². The summed E-state index contributed by atoms with van der Waals surface area (Å²) in [6.07, 6.45) is 1.52. The second-order valence-electron chi connectivity index (χ2n) is 7.92. The molecule has 8 nitrogen and oxygen atoms in total. The normalized spacial score (nSPS) is 11.1. The number of hydrogen-bond acceptors (Lipinski definition) is 7. The van der Waals surface area contributed by atoms with E-state index in [4.69, 9.17) is 29.7 Å². The summed E-state index contributed by atoms with van der Waals surface area (Å²) in [6, 6.07) is 20.9. The first-order chi connectivity index (χ1) is 17.8. The second-order valence-corrected chi connectivity index (χ2v) is 9.87. The van der Waals surface area contributed by atoms with Crippen LogP contribution in [0, 0.1) is 0 Å². The Bertz CT molecular complexity index is 1470. The highest BCUT2D eigenvalue weighted by atomic mass is 35.5. The smallest absolute Gasteiger partial charge is 0.339 e. The molecule has 1 heterocycles. The Labute approximate surface area is 220 Å². The number of halogens is 1. The fraction of sp³-hybridized carbons (Fsp3) is 0.148. The van der Waals surface area contributed by atoms with Gasteiger partial charge in [0.25, 0.3) is 5.91 Å². The molecule has 0 saturated heterocycles. The van der Waals surface area contributed by atoms with Crippen molar-refractivity contribution in [1.82, 2.24) is 4.90 Å². The molecule has 0 fully saturated rings. The van der Waals surface area contributed by atoms with Gasteiger partial charge in [0, 0.05) is 6.54 Å². The van der Waals surface area contributed by atoms with E-state index < -0.39 is 10.1 Å². The zero-order valence-electron chi connectivity index (χ0n) is 20.1. The highest BCUT2D eigenvalue weighted by Gasteiger charge is 2.23. The number of rotatable bonds is 10. The molecule has 0 aliphatic heterocycles. The van der Waals surface area contributed by atoms with Crippen LogP contribution < -0.4 is 13.7 Å². The van der Waals surface area contributed by atoms with Crippen molar-refractivity contribution in [1.29, 1.82) is 0 Å². The van der Waals surface area contributed by atoms with E-state index in [1.54, 1.807) is 53.4 Å². The fourth-order valence-electron chi connectivity index (χ4n) is 3.61. The summed E-state index contributed by atoms with van der Waals surface area (Å²) in [4.78, 5) is 14.9. The Morgan fingerprint density at radius 2 is 1.65 bits per heavy atom. The van der Waals surface area contributed by atoms with E-state index in [0.29, 0.717) is 27.7 Å². The van der Waals surface area contributed by atoms with Gasteiger partial charge in [-0.2, -0.15) is 8.42 Å². The number of amides is 1. The molecular formula is C27H24ClNO7S. The SMILES string of the molecule is COc1ccc(S(=O)(=O)Oc2cc(CN(Cc3ccco3)C(=O)c3ccccc3Cl)ccc2OC)cc1. The maximum atomic E-state index is 13.4. The zero-order chi connectivity index (χ0) is 26.4. The van der Waals surface area contributed by atoms with Crippen LogP contribution in [-0.2, 0) is 23.2 Å². The molecule has 0 saturated carbocycles. The lowest BCUT2D eigenvalue weighted by Crippen LogP contribution is -2.30. The number of carbonyl (C=O) groups excluding carboxylic acids is 1. The van der Waals surface area contributed by atoms with Crippen molar-refractivity contribution in [2.45, 2.75) is 18.0 Å². The summed E-state index contributed by atoms with van der Waals surface area (Å²) in [5.41, 5.74) is 0.940. The average Bonchev–Trinajstić information content (AvgIpc) is 3.41. The quantitative estimate of drug-likeness (QED) is 0.242. The highest BCUT2D eigenvalue weighted by Crippen LogP contribution is 2.32. The first-order valence-electron chi connectivity index (χ1n) is 11.1. The number of hydrogen-bond donors (Lipinski definition) is 0. The molecule has 1 amide bonds. The van der Waals surface area contributed by atoms with Crippen LogP contribution in [0.15, 0.2) is 94.4 Å². The summed E-state index contributed by atoms with van der Waals surface area (Å²) < 4.78 is 47.2. The van der Waals surface area contributed by atoms with Gasteiger partial charge in [-0.15, -0.1) is 0 Å². The van der Waals surface area contributed by atoms with Crippen LogP contribution in [-0.4, -0.2) is 33.4 Å². The van der Waals surface area contributed by atoms with Gasteiger partial charge in [-0.25, -0.2) is 0 Å². The van der Waals surface area contributed by atoms with Gasteiger partial charge in [-0.3, -0.25) is 4.79 Å². The van der Waals surface area contributed by atoms with E-state index in [9.17, 15) is 13.2 Å². The van der Waals surface area contributed by atoms with Crippen molar-refractivity contribution >= 4 is 27.6 Å². The van der Waals surface area contributed by atoms with Gasteiger partial charge < -0.3 is 23.0 Å². The molecule has 1 aromatic heterocycles. The molecule has 37 heavy (non-hydrogen) atoms. The van der Waals surface area contributed by atoms with E-state index in [1.807, 2.05) is 0 Å². The standard InChI is InChI=1S/C27H24ClNO7S/c1-33-20-10-12-22(13-11-20)37(31,32)36-26-16-19(9-14-25(26)34-2)17-29(18-21-6-5-15-35-21)27(30)23-7-3-4-8-24(23)28/h3-16H,17-18H2,1-2H3. The number of carbonyl (C=O) groups is 1. The van der Waals surface area contributed by atoms with E-state index >= 15 is 0 Å². The second kappa shape index (κ2) is 11.4. The molecule has 0 N–H and O–H groups in total. The van der Waals surface area contributed by atoms with Crippen LogP contribution in [0.2, 0.25) is 5.02 Å². The summed E-state index contributed by atoms with van der Waals surface area (Å²) in [7, 11) is -1.27. The topological polar surface area (TPSA) is 95.3 Å². The molecule has 4 aromatic rings. The predicted octanol–water partition coefficient (Wildman–Crippen LogP) is 5.56. The van der Waals surface area contributed by atoms with Gasteiger partial charge in [0.05, 0.1) is 37.6 Å². The number of benzene rings is 3. The van der Waals surface area contributed by atoms with Gasteiger partial charge in [-0.05, 0) is 66.2 Å². The van der Waals surface area contributed by atoms with E-state index in [2.05, 4.69) is 0 Å². The van der Waals surface area contributed by atoms with Crippen molar-refractivity contribution in [3.8, 4) is 17.2 Å². The molecule has 10 heteroatoms. The number of ether oxygens (including phenoxy) is 2. The van der Waals surface area contributed by atoms with Gasteiger partial charge in [-0.1, -0.05) is 29.8 Å². The molecule has 3 aromatic carbocycles. The predicted molar refractivity (Wildman–Crippen MR) is 138 cm³/mol. The van der Waals surface area contributed by atoms with E-state index in [0.717, 1.165) is 0 Å². The van der Waals surface area contributed by atoms with Gasteiger partial charge >= 0.3 is 10.1 Å². The minimum Gasteiger partial charge on any atom is -0.497 e. The van der Waals surface area contributed by atoms with Gasteiger partial charge in [0.2, 0.25) is 0 Å². The van der Waals surface area contributed by atoms with E-state index in [1.165, 1.54) is 50.8 Å². The number of nitrogens with zero attached hydrogens (tertiary/aromatic N) is 1. The molecule has 0 spiro atoms. The minimum atomic E-state index is -4.17. The lowest BCUT2D eigenvalue weighted by Gasteiger charge is -2.23. The maximum absolute atomic E-state index is 13.4. The Hall–Kier alpha value is -3.95. The third kappa shape index (κ3) is 6.25. The fourth-order valence-corrected chi connectivity index (χ4v) is 4.76. The molecule has 0 unspecified atom stereocenters. The number of furan rings is 1. The summed E-state index contributed by atoms with van der Waals surface area (Å²) in [5.74, 6) is 0.979. The molecule has 0 aliphatic carbocycles. The first-order valence-corrected chi connectivity index (χ1v) is 12.9. The van der Waals surface area contributed by atoms with Crippen LogP contribution in [0.5, 0.6) is 17.2 Å². The molecule has 0 bridgehead atoms. The third-order valence-corrected chi connectivity index (χ3v) is 7.05. The van der Waals surface area contributed by atoms with Crippen molar-refractivity contribution in [2.24, 2.45) is 0 Å². The molecule has 4 rings (SSSR count). The van der Waals surface area contributed by atoms with Crippen LogP contribution in [0.1, 0.15) is 21.7 Å². The van der Waals surface area contributed by atoms with Gasteiger partial charge in [0.15, 0.2) is 11.5 Å². The Balaban J connectivity index is 1.64. The number of methoxy groups -OCH3 is 2. The Morgan fingerprint density at radius 1 is 0.892 bits per heavy atom.